The number of hydrogen-bond donors (Lipinski definition) is 2. The summed E-state index contributed by atoms with van der Waals surface area (Å²) in [5.41, 5.74) is 7.21. The van der Waals surface area contributed by atoms with E-state index in [0.717, 1.165) is 0 Å². The van der Waals surface area contributed by atoms with E-state index in [4.69, 9.17) is 5.73 Å². The van der Waals surface area contributed by atoms with Crippen LogP contribution in [0.4, 0.5) is 0 Å². The normalized spacial score (nSPS) is 29.2. The van der Waals surface area contributed by atoms with Crippen LogP contribution in [0.2, 0.25) is 0 Å². The van der Waals surface area contributed by atoms with Crippen molar-refractivity contribution in [2.75, 3.05) is 6.54 Å². The van der Waals surface area contributed by atoms with Gasteiger partial charge in [-0.3, -0.25) is 4.90 Å². The van der Waals surface area contributed by atoms with Gasteiger partial charge in [-0.15, -0.1) is 0 Å². The molecular weight excluding hydrogens is 198 g/mol. The third-order valence-electron chi connectivity index (χ3n) is 3.83. The summed E-state index contributed by atoms with van der Waals surface area (Å²) in [6.07, 6.45) is 5.92. The minimum atomic E-state index is 0.347. The van der Waals surface area contributed by atoms with Crippen LogP contribution >= 0.6 is 0 Å². The highest BCUT2D eigenvalue weighted by Gasteiger charge is 2.31. The highest BCUT2D eigenvalue weighted by Crippen LogP contribution is 2.31. The maximum absolute atomic E-state index is 5.96. The van der Waals surface area contributed by atoms with Gasteiger partial charge in [-0.05, 0) is 38.8 Å². The Balaban J connectivity index is 2.19. The minimum absolute atomic E-state index is 0.347. The average molecular weight is 221 g/mol. The summed E-state index contributed by atoms with van der Waals surface area (Å²) in [5, 5.41) is 0. The Morgan fingerprint density at radius 3 is 2.62 bits per heavy atom. The number of rotatable bonds is 3. The van der Waals surface area contributed by atoms with Crippen molar-refractivity contribution in [1.82, 2.24) is 9.88 Å². The monoisotopic (exact) mass is 221 g/mol. The topological polar surface area (TPSA) is 45.0 Å². The summed E-state index contributed by atoms with van der Waals surface area (Å²) >= 11 is 0. The summed E-state index contributed by atoms with van der Waals surface area (Å²) in [5.74, 6) is 0. The van der Waals surface area contributed by atoms with Crippen molar-refractivity contribution in [3.63, 3.8) is 0 Å². The Bertz CT molecular complexity index is 297. The van der Waals surface area contributed by atoms with Gasteiger partial charge in [-0.1, -0.05) is 6.42 Å². The standard InChI is InChI=1S/C13H23N3/c1-10-5-3-6-11(2)16(10)13(9-14)12-7-4-8-15-12/h4,7-8,10-11,13,15H,3,5-6,9,14H2,1-2H3. The number of piperidine rings is 1. The van der Waals surface area contributed by atoms with Gasteiger partial charge in [0, 0.05) is 30.5 Å². The third kappa shape index (κ3) is 2.15. The van der Waals surface area contributed by atoms with Gasteiger partial charge in [0.2, 0.25) is 0 Å². The van der Waals surface area contributed by atoms with Gasteiger partial charge in [0.05, 0.1) is 6.04 Å². The molecule has 1 saturated heterocycles. The fourth-order valence-corrected chi connectivity index (χ4v) is 3.02. The molecular formula is C13H23N3. The number of aromatic amines is 1. The van der Waals surface area contributed by atoms with Crippen LogP contribution in [0.1, 0.15) is 44.8 Å². The maximum Gasteiger partial charge on any atom is 0.0626 e. The molecule has 0 aliphatic carbocycles. The van der Waals surface area contributed by atoms with E-state index in [-0.39, 0.29) is 0 Å². The van der Waals surface area contributed by atoms with Gasteiger partial charge in [-0.25, -0.2) is 0 Å². The zero-order chi connectivity index (χ0) is 11.5. The molecule has 90 valence electrons. The molecule has 3 nitrogen and oxygen atoms in total. The molecule has 0 bridgehead atoms. The van der Waals surface area contributed by atoms with Crippen LogP contribution in [0, 0.1) is 0 Å². The van der Waals surface area contributed by atoms with Crippen molar-refractivity contribution in [1.29, 1.82) is 0 Å². The molecule has 0 aromatic carbocycles. The van der Waals surface area contributed by atoms with E-state index in [9.17, 15) is 0 Å². The Hall–Kier alpha value is -0.800. The van der Waals surface area contributed by atoms with Crippen LogP contribution in [0.5, 0.6) is 0 Å². The Morgan fingerprint density at radius 1 is 1.44 bits per heavy atom. The van der Waals surface area contributed by atoms with E-state index in [1.165, 1.54) is 25.0 Å². The second-order valence-electron chi connectivity index (χ2n) is 4.95. The number of hydrogen-bond acceptors (Lipinski definition) is 2. The van der Waals surface area contributed by atoms with E-state index < -0.39 is 0 Å². The zero-order valence-corrected chi connectivity index (χ0v) is 10.3. The largest absolute Gasteiger partial charge is 0.364 e. The smallest absolute Gasteiger partial charge is 0.0626 e. The lowest BCUT2D eigenvalue weighted by atomic mass is 9.94. The van der Waals surface area contributed by atoms with Crippen LogP contribution in [0.25, 0.3) is 0 Å². The fourth-order valence-electron chi connectivity index (χ4n) is 3.02. The molecule has 0 radical (unpaired) electrons. The average Bonchev–Trinajstić information content (AvgIpc) is 2.77. The Kier molecular flexibility index (Phi) is 3.66. The van der Waals surface area contributed by atoms with Crippen LogP contribution < -0.4 is 5.73 Å². The molecule has 0 spiro atoms. The third-order valence-corrected chi connectivity index (χ3v) is 3.83. The van der Waals surface area contributed by atoms with Gasteiger partial charge in [0.15, 0.2) is 0 Å². The molecule has 3 N–H and O–H groups in total. The Morgan fingerprint density at radius 2 is 2.12 bits per heavy atom. The summed E-state index contributed by atoms with van der Waals surface area (Å²) in [4.78, 5) is 5.88. The summed E-state index contributed by atoms with van der Waals surface area (Å²) in [6.45, 7) is 5.33. The lowest BCUT2D eigenvalue weighted by molar-refractivity contribution is 0.0561. The van der Waals surface area contributed by atoms with Crippen LogP contribution in [-0.4, -0.2) is 28.5 Å². The highest BCUT2D eigenvalue weighted by atomic mass is 15.2. The molecule has 1 fully saturated rings. The number of nitrogens with zero attached hydrogens (tertiary/aromatic N) is 1. The lowest BCUT2D eigenvalue weighted by Crippen LogP contribution is -2.48. The van der Waals surface area contributed by atoms with Gasteiger partial charge in [0.1, 0.15) is 0 Å². The molecule has 1 aliphatic heterocycles. The van der Waals surface area contributed by atoms with Gasteiger partial charge in [-0.2, -0.15) is 0 Å². The zero-order valence-electron chi connectivity index (χ0n) is 10.3. The fraction of sp³-hybridized carbons (Fsp3) is 0.692. The number of likely N-dealkylation sites (tertiary alicyclic amines) is 1. The second-order valence-corrected chi connectivity index (χ2v) is 4.95. The van der Waals surface area contributed by atoms with Crippen molar-refractivity contribution in [2.24, 2.45) is 5.73 Å². The first-order chi connectivity index (χ1) is 7.74. The Labute approximate surface area is 98.0 Å². The molecule has 1 aromatic heterocycles. The molecule has 0 saturated carbocycles. The van der Waals surface area contributed by atoms with Crippen LogP contribution in [0.15, 0.2) is 18.3 Å². The minimum Gasteiger partial charge on any atom is -0.364 e. The number of nitrogens with one attached hydrogen (secondary N) is 1. The predicted octanol–water partition coefficient (Wildman–Crippen LogP) is 2.28. The van der Waals surface area contributed by atoms with Crippen LogP contribution in [0.3, 0.4) is 0 Å². The van der Waals surface area contributed by atoms with Crippen molar-refractivity contribution in [2.45, 2.75) is 51.2 Å². The molecule has 1 aromatic rings. The number of aromatic nitrogens is 1. The molecule has 16 heavy (non-hydrogen) atoms. The molecule has 2 heterocycles. The van der Waals surface area contributed by atoms with E-state index in [1.54, 1.807) is 0 Å². The first-order valence-corrected chi connectivity index (χ1v) is 6.34. The second kappa shape index (κ2) is 5.02. The van der Waals surface area contributed by atoms with Crippen LogP contribution in [-0.2, 0) is 0 Å². The van der Waals surface area contributed by atoms with E-state index in [1.807, 2.05) is 6.20 Å². The predicted molar refractivity (Wildman–Crippen MR) is 67.2 cm³/mol. The van der Waals surface area contributed by atoms with E-state index in [0.29, 0.717) is 24.7 Å². The van der Waals surface area contributed by atoms with E-state index in [2.05, 4.69) is 35.9 Å². The molecule has 3 atom stereocenters. The SMILES string of the molecule is CC1CCCC(C)N1C(CN)c1ccc[nH]1. The lowest BCUT2D eigenvalue weighted by Gasteiger charge is -2.43. The quantitative estimate of drug-likeness (QED) is 0.822. The summed E-state index contributed by atoms with van der Waals surface area (Å²) in [7, 11) is 0. The number of nitrogens with two attached hydrogens (primary N) is 1. The molecule has 0 amide bonds. The first kappa shape index (κ1) is 11.7. The highest BCUT2D eigenvalue weighted by molar-refractivity contribution is 5.11. The van der Waals surface area contributed by atoms with Crippen molar-refractivity contribution < 1.29 is 0 Å². The molecule has 1 aliphatic rings. The molecule has 3 heteroatoms. The van der Waals surface area contributed by atoms with Gasteiger partial charge >= 0.3 is 0 Å². The summed E-state index contributed by atoms with van der Waals surface area (Å²) < 4.78 is 0. The molecule has 3 unspecified atom stereocenters. The van der Waals surface area contributed by atoms with Gasteiger partial charge < -0.3 is 10.7 Å². The van der Waals surface area contributed by atoms with Gasteiger partial charge in [0.25, 0.3) is 0 Å². The van der Waals surface area contributed by atoms with Crippen molar-refractivity contribution in [3.05, 3.63) is 24.0 Å². The van der Waals surface area contributed by atoms with Crippen molar-refractivity contribution in [3.8, 4) is 0 Å². The van der Waals surface area contributed by atoms with Crippen molar-refractivity contribution >= 4 is 0 Å². The summed E-state index contributed by atoms with van der Waals surface area (Å²) in [6, 6.07) is 5.82. The van der Waals surface area contributed by atoms with E-state index >= 15 is 0 Å². The number of H-pyrrole nitrogens is 1. The maximum atomic E-state index is 5.96. The first-order valence-electron chi connectivity index (χ1n) is 6.34. The molecule has 2 rings (SSSR count).